The van der Waals surface area contributed by atoms with Crippen LogP contribution in [0.2, 0.25) is 0 Å². The standard InChI is InChI=1S/C19H17N3O2/c1-12-13(2)21-17(11-15(12)14-7-4-3-5-8-14)22-19(24)18-16(23)9-6-10-20-18/h3-11,23H,1-2H3,(H,21,22,24). The molecule has 0 spiro atoms. The first-order chi connectivity index (χ1) is 11.6. The number of hydrogen-bond acceptors (Lipinski definition) is 4. The summed E-state index contributed by atoms with van der Waals surface area (Å²) in [5.74, 6) is -0.239. The van der Waals surface area contributed by atoms with Crippen molar-refractivity contribution in [2.24, 2.45) is 0 Å². The van der Waals surface area contributed by atoms with E-state index in [2.05, 4.69) is 15.3 Å². The van der Waals surface area contributed by atoms with E-state index in [4.69, 9.17) is 0 Å². The summed E-state index contributed by atoms with van der Waals surface area (Å²) in [5.41, 5.74) is 3.91. The van der Waals surface area contributed by atoms with E-state index in [9.17, 15) is 9.90 Å². The highest BCUT2D eigenvalue weighted by Gasteiger charge is 2.15. The lowest BCUT2D eigenvalue weighted by molar-refractivity contribution is 0.101. The third-order valence-corrected chi connectivity index (χ3v) is 3.84. The number of amides is 1. The lowest BCUT2D eigenvalue weighted by atomic mass is 10.0. The fraction of sp³-hybridized carbons (Fsp3) is 0.105. The predicted molar refractivity (Wildman–Crippen MR) is 93.0 cm³/mol. The molecule has 0 bridgehead atoms. The summed E-state index contributed by atoms with van der Waals surface area (Å²) in [5, 5.41) is 12.5. The molecule has 0 aliphatic carbocycles. The van der Waals surface area contributed by atoms with Gasteiger partial charge in [-0.15, -0.1) is 0 Å². The van der Waals surface area contributed by atoms with Gasteiger partial charge in [0.05, 0.1) is 0 Å². The van der Waals surface area contributed by atoms with E-state index < -0.39 is 5.91 Å². The monoisotopic (exact) mass is 319 g/mol. The molecule has 1 amide bonds. The van der Waals surface area contributed by atoms with Gasteiger partial charge in [-0.2, -0.15) is 0 Å². The number of nitrogens with zero attached hydrogens (tertiary/aromatic N) is 2. The van der Waals surface area contributed by atoms with Crippen molar-refractivity contribution < 1.29 is 9.90 Å². The summed E-state index contributed by atoms with van der Waals surface area (Å²) in [6.45, 7) is 3.90. The topological polar surface area (TPSA) is 75.1 Å². The number of aromatic nitrogens is 2. The SMILES string of the molecule is Cc1nc(NC(=O)c2ncccc2O)cc(-c2ccccc2)c1C. The second-order valence-corrected chi connectivity index (χ2v) is 5.46. The maximum atomic E-state index is 12.3. The first kappa shape index (κ1) is 15.7. The van der Waals surface area contributed by atoms with Crippen molar-refractivity contribution in [3.63, 3.8) is 0 Å². The minimum Gasteiger partial charge on any atom is -0.505 e. The van der Waals surface area contributed by atoms with Crippen molar-refractivity contribution in [1.29, 1.82) is 0 Å². The first-order valence-corrected chi connectivity index (χ1v) is 7.55. The maximum absolute atomic E-state index is 12.3. The molecule has 5 nitrogen and oxygen atoms in total. The number of rotatable bonds is 3. The molecule has 2 heterocycles. The Kier molecular flexibility index (Phi) is 4.24. The van der Waals surface area contributed by atoms with E-state index in [1.54, 1.807) is 6.07 Å². The maximum Gasteiger partial charge on any atom is 0.279 e. The number of carbonyl (C=O) groups excluding carboxylic acids is 1. The van der Waals surface area contributed by atoms with Crippen LogP contribution in [0.25, 0.3) is 11.1 Å². The third-order valence-electron chi connectivity index (χ3n) is 3.84. The van der Waals surface area contributed by atoms with E-state index in [-0.39, 0.29) is 11.4 Å². The van der Waals surface area contributed by atoms with E-state index >= 15 is 0 Å². The number of aryl methyl sites for hydroxylation is 1. The van der Waals surface area contributed by atoms with Gasteiger partial charge in [-0.25, -0.2) is 9.97 Å². The highest BCUT2D eigenvalue weighted by atomic mass is 16.3. The summed E-state index contributed by atoms with van der Waals surface area (Å²) in [4.78, 5) is 20.6. The molecule has 1 aromatic carbocycles. The van der Waals surface area contributed by atoms with Crippen LogP contribution in [0, 0.1) is 13.8 Å². The molecule has 0 saturated carbocycles. The molecule has 2 aromatic heterocycles. The van der Waals surface area contributed by atoms with Gasteiger partial charge >= 0.3 is 0 Å². The molecule has 0 saturated heterocycles. The number of benzene rings is 1. The molecule has 0 fully saturated rings. The molecule has 0 aliphatic heterocycles. The normalized spacial score (nSPS) is 10.4. The first-order valence-electron chi connectivity index (χ1n) is 7.55. The quantitative estimate of drug-likeness (QED) is 0.771. The molecule has 24 heavy (non-hydrogen) atoms. The van der Waals surface area contributed by atoms with Gasteiger partial charge in [0.15, 0.2) is 5.69 Å². The Bertz CT molecular complexity index is 892. The molecule has 3 aromatic rings. The van der Waals surface area contributed by atoms with Crippen molar-refractivity contribution in [1.82, 2.24) is 9.97 Å². The van der Waals surface area contributed by atoms with Gasteiger partial charge in [0.2, 0.25) is 0 Å². The van der Waals surface area contributed by atoms with Crippen LogP contribution in [-0.2, 0) is 0 Å². The molecule has 0 radical (unpaired) electrons. The molecule has 2 N–H and O–H groups in total. The average molecular weight is 319 g/mol. The van der Waals surface area contributed by atoms with E-state index in [1.165, 1.54) is 12.3 Å². The number of anilines is 1. The van der Waals surface area contributed by atoms with Crippen molar-refractivity contribution in [3.05, 3.63) is 71.7 Å². The highest BCUT2D eigenvalue weighted by molar-refractivity contribution is 6.04. The molecular weight excluding hydrogens is 302 g/mol. The van der Waals surface area contributed by atoms with Crippen LogP contribution in [0.4, 0.5) is 5.82 Å². The van der Waals surface area contributed by atoms with Gasteiger partial charge in [-0.1, -0.05) is 30.3 Å². The third kappa shape index (κ3) is 3.10. The van der Waals surface area contributed by atoms with E-state index in [0.29, 0.717) is 5.82 Å². The molecule has 0 atom stereocenters. The molecular formula is C19H17N3O2. The lowest BCUT2D eigenvalue weighted by Gasteiger charge is -2.12. The molecule has 0 aliphatic rings. The summed E-state index contributed by atoms with van der Waals surface area (Å²) >= 11 is 0. The summed E-state index contributed by atoms with van der Waals surface area (Å²) in [7, 11) is 0. The smallest absolute Gasteiger partial charge is 0.279 e. The fourth-order valence-electron chi connectivity index (χ4n) is 2.47. The summed E-state index contributed by atoms with van der Waals surface area (Å²) in [6, 6.07) is 14.7. The zero-order chi connectivity index (χ0) is 17.1. The zero-order valence-electron chi connectivity index (χ0n) is 13.4. The second kappa shape index (κ2) is 6.50. The number of hydrogen-bond donors (Lipinski definition) is 2. The van der Waals surface area contributed by atoms with Gasteiger partial charge in [0.25, 0.3) is 5.91 Å². The summed E-state index contributed by atoms with van der Waals surface area (Å²) < 4.78 is 0. The minimum atomic E-state index is -0.497. The molecule has 120 valence electrons. The molecule has 0 unspecified atom stereocenters. The molecule has 3 rings (SSSR count). The van der Waals surface area contributed by atoms with Crippen LogP contribution in [0.3, 0.4) is 0 Å². The minimum absolute atomic E-state index is 0.0289. The van der Waals surface area contributed by atoms with Crippen molar-refractivity contribution in [2.45, 2.75) is 13.8 Å². The Morgan fingerprint density at radius 2 is 1.83 bits per heavy atom. The Hall–Kier alpha value is -3.21. The van der Waals surface area contributed by atoms with Crippen LogP contribution in [0.15, 0.2) is 54.7 Å². The Balaban J connectivity index is 1.96. The van der Waals surface area contributed by atoms with Crippen molar-refractivity contribution in [3.8, 4) is 16.9 Å². The van der Waals surface area contributed by atoms with Crippen LogP contribution < -0.4 is 5.32 Å². The number of pyridine rings is 2. The zero-order valence-corrected chi connectivity index (χ0v) is 13.4. The number of carbonyl (C=O) groups is 1. The van der Waals surface area contributed by atoms with Gasteiger partial charge in [-0.05, 0) is 48.7 Å². The van der Waals surface area contributed by atoms with Gasteiger partial charge in [-0.3, -0.25) is 4.79 Å². The Labute approximate surface area is 140 Å². The van der Waals surface area contributed by atoms with Crippen LogP contribution in [0.1, 0.15) is 21.7 Å². The van der Waals surface area contributed by atoms with Crippen molar-refractivity contribution in [2.75, 3.05) is 5.32 Å². The fourth-order valence-corrected chi connectivity index (χ4v) is 2.47. The second-order valence-electron chi connectivity index (χ2n) is 5.46. The van der Waals surface area contributed by atoms with Crippen LogP contribution in [0.5, 0.6) is 5.75 Å². The number of aromatic hydroxyl groups is 1. The molecule has 5 heteroatoms. The number of nitrogens with one attached hydrogen (secondary N) is 1. The Morgan fingerprint density at radius 3 is 2.54 bits per heavy atom. The largest absolute Gasteiger partial charge is 0.505 e. The summed E-state index contributed by atoms with van der Waals surface area (Å²) in [6.07, 6.45) is 1.46. The Morgan fingerprint density at radius 1 is 1.08 bits per heavy atom. The lowest BCUT2D eigenvalue weighted by Crippen LogP contribution is -2.15. The van der Waals surface area contributed by atoms with Gasteiger partial charge in [0.1, 0.15) is 11.6 Å². The average Bonchev–Trinajstić information content (AvgIpc) is 2.59. The van der Waals surface area contributed by atoms with Crippen LogP contribution >= 0.6 is 0 Å². The van der Waals surface area contributed by atoms with Gasteiger partial charge < -0.3 is 10.4 Å². The highest BCUT2D eigenvalue weighted by Crippen LogP contribution is 2.27. The van der Waals surface area contributed by atoms with Crippen LogP contribution in [-0.4, -0.2) is 21.0 Å². The van der Waals surface area contributed by atoms with Gasteiger partial charge in [0, 0.05) is 11.9 Å². The van der Waals surface area contributed by atoms with E-state index in [1.807, 2.05) is 50.2 Å². The van der Waals surface area contributed by atoms with E-state index in [0.717, 1.165) is 22.4 Å². The predicted octanol–water partition coefficient (Wildman–Crippen LogP) is 3.72. The van der Waals surface area contributed by atoms with Crippen molar-refractivity contribution >= 4 is 11.7 Å².